The van der Waals surface area contributed by atoms with Crippen molar-refractivity contribution >= 4 is 8.15 Å². The third-order valence-corrected chi connectivity index (χ3v) is 3.53. The number of hydrogen-bond acceptors (Lipinski definition) is 6. The molecule has 1 unspecified atom stereocenters. The number of benzene rings is 1. The Morgan fingerprint density at radius 1 is 0.773 bits per heavy atom. The van der Waals surface area contributed by atoms with Crippen molar-refractivity contribution in [3.63, 3.8) is 0 Å². The highest BCUT2D eigenvalue weighted by Gasteiger charge is 2.04. The van der Waals surface area contributed by atoms with E-state index in [-0.39, 0.29) is 13.0 Å². The summed E-state index contributed by atoms with van der Waals surface area (Å²) in [5.74, 6) is 0. The molecule has 0 saturated heterocycles. The van der Waals surface area contributed by atoms with Gasteiger partial charge in [0, 0.05) is 0 Å². The summed E-state index contributed by atoms with van der Waals surface area (Å²) in [6.45, 7) is 2.66. The minimum atomic E-state index is -1.26. The van der Waals surface area contributed by atoms with Crippen LogP contribution in [0.5, 0.6) is 0 Å². The van der Waals surface area contributed by atoms with Gasteiger partial charge in [0.25, 0.3) is 0 Å². The zero-order chi connectivity index (χ0) is 15.9. The molecule has 0 aliphatic carbocycles. The van der Waals surface area contributed by atoms with Gasteiger partial charge in [-0.3, -0.25) is 0 Å². The Labute approximate surface area is 132 Å². The third-order valence-electron chi connectivity index (χ3n) is 2.57. The second-order valence-electron chi connectivity index (χ2n) is 4.46. The molecule has 1 rings (SSSR count). The van der Waals surface area contributed by atoms with Crippen LogP contribution in [0.2, 0.25) is 0 Å². The van der Waals surface area contributed by atoms with E-state index in [1.807, 2.05) is 30.3 Å². The van der Waals surface area contributed by atoms with Crippen molar-refractivity contribution < 1.29 is 28.9 Å². The number of aliphatic hydroxyl groups excluding tert-OH is 1. The van der Waals surface area contributed by atoms with Gasteiger partial charge in [-0.1, -0.05) is 30.3 Å². The van der Waals surface area contributed by atoms with Gasteiger partial charge < -0.3 is 28.9 Å². The second kappa shape index (κ2) is 14.0. The zero-order valence-electron chi connectivity index (χ0n) is 12.7. The van der Waals surface area contributed by atoms with E-state index in [1.54, 1.807) is 0 Å². The van der Waals surface area contributed by atoms with E-state index in [0.29, 0.717) is 46.0 Å². The smallest absolute Gasteiger partial charge is 0.0930 e. The van der Waals surface area contributed by atoms with Gasteiger partial charge in [0.15, 0.2) is 0 Å². The Bertz CT molecular complexity index is 351. The van der Waals surface area contributed by atoms with Crippen LogP contribution in [-0.2, 0) is 25.6 Å². The van der Waals surface area contributed by atoms with E-state index in [1.165, 1.54) is 0 Å². The van der Waals surface area contributed by atoms with E-state index >= 15 is 0 Å². The van der Waals surface area contributed by atoms with Crippen LogP contribution in [0, 0.1) is 0 Å². The summed E-state index contributed by atoms with van der Waals surface area (Å²) >= 11 is 0. The summed E-state index contributed by atoms with van der Waals surface area (Å²) in [6, 6.07) is 9.84. The fourth-order valence-electron chi connectivity index (χ4n) is 1.55. The predicted octanol–water partition coefficient (Wildman–Crippen LogP) is 1.55. The molecule has 1 atom stereocenters. The Morgan fingerprint density at radius 3 is 2.05 bits per heavy atom. The van der Waals surface area contributed by atoms with Crippen molar-refractivity contribution in [2.45, 2.75) is 6.61 Å². The Hall–Kier alpha value is -0.590. The van der Waals surface area contributed by atoms with Gasteiger partial charge in [-0.2, -0.15) is 0 Å². The summed E-state index contributed by atoms with van der Waals surface area (Å²) in [6.07, 6.45) is 0.592. The van der Waals surface area contributed by atoms with Crippen molar-refractivity contribution in [3.8, 4) is 0 Å². The fourth-order valence-corrected chi connectivity index (χ4v) is 2.27. The molecule has 0 aliphatic heterocycles. The van der Waals surface area contributed by atoms with Gasteiger partial charge in [-0.15, -0.1) is 0 Å². The molecule has 22 heavy (non-hydrogen) atoms. The fraction of sp³-hybridized carbons (Fsp3) is 0.600. The van der Waals surface area contributed by atoms with Gasteiger partial charge in [-0.05, 0) is 5.56 Å². The molecule has 0 spiro atoms. The highest BCUT2D eigenvalue weighted by molar-refractivity contribution is 7.51. The van der Waals surface area contributed by atoms with E-state index < -0.39 is 8.15 Å². The van der Waals surface area contributed by atoms with Crippen LogP contribution in [0.3, 0.4) is 0 Å². The van der Waals surface area contributed by atoms with E-state index in [2.05, 4.69) is 0 Å². The molecule has 0 amide bonds. The standard InChI is InChI=1S/C15H25O6P/c16-6-7-18-8-9-19-10-11-20-13-22(17)14-21-12-15-4-2-1-3-5-15/h1-5,16-17H,6-14H2. The lowest BCUT2D eigenvalue weighted by molar-refractivity contribution is 0.0132. The van der Waals surface area contributed by atoms with Crippen LogP contribution in [0.25, 0.3) is 0 Å². The molecule has 0 saturated carbocycles. The van der Waals surface area contributed by atoms with Crippen molar-refractivity contribution in [3.05, 3.63) is 35.9 Å². The molecule has 6 nitrogen and oxygen atoms in total. The first-order valence-electron chi connectivity index (χ1n) is 7.22. The molecule has 7 heteroatoms. The Kier molecular flexibility index (Phi) is 12.4. The largest absolute Gasteiger partial charge is 0.394 e. The van der Waals surface area contributed by atoms with Crippen LogP contribution in [0.15, 0.2) is 30.3 Å². The lowest BCUT2D eigenvalue weighted by atomic mass is 10.2. The van der Waals surface area contributed by atoms with Crippen LogP contribution in [0.4, 0.5) is 0 Å². The summed E-state index contributed by atoms with van der Waals surface area (Å²) in [4.78, 5) is 9.76. The zero-order valence-corrected chi connectivity index (χ0v) is 13.6. The average Bonchev–Trinajstić information content (AvgIpc) is 2.54. The van der Waals surface area contributed by atoms with Crippen LogP contribution in [0.1, 0.15) is 5.56 Å². The third kappa shape index (κ3) is 11.0. The summed E-state index contributed by atoms with van der Waals surface area (Å²) < 4.78 is 21.1. The van der Waals surface area contributed by atoms with Crippen molar-refractivity contribution in [2.75, 3.05) is 52.3 Å². The maximum atomic E-state index is 9.76. The van der Waals surface area contributed by atoms with Gasteiger partial charge in [0.1, 0.15) is 0 Å². The van der Waals surface area contributed by atoms with E-state index in [4.69, 9.17) is 24.1 Å². The molecular weight excluding hydrogens is 307 g/mol. The first kappa shape index (κ1) is 19.5. The maximum Gasteiger partial charge on any atom is 0.0930 e. The summed E-state index contributed by atoms with van der Waals surface area (Å²) in [5.41, 5.74) is 1.09. The van der Waals surface area contributed by atoms with Gasteiger partial charge >= 0.3 is 0 Å². The monoisotopic (exact) mass is 332 g/mol. The normalized spacial score (nSPS) is 12.5. The number of aliphatic hydroxyl groups is 1. The predicted molar refractivity (Wildman–Crippen MR) is 84.8 cm³/mol. The molecule has 0 aliphatic rings. The van der Waals surface area contributed by atoms with Crippen LogP contribution < -0.4 is 0 Å². The van der Waals surface area contributed by atoms with E-state index in [0.717, 1.165) is 5.56 Å². The maximum absolute atomic E-state index is 9.76. The highest BCUT2D eigenvalue weighted by atomic mass is 31.1. The van der Waals surface area contributed by atoms with Crippen molar-refractivity contribution in [2.24, 2.45) is 0 Å². The Balaban J connectivity index is 1.86. The van der Waals surface area contributed by atoms with Gasteiger partial charge in [0.05, 0.1) is 67.1 Å². The summed E-state index contributed by atoms with van der Waals surface area (Å²) in [5, 5.41) is 8.50. The molecule has 0 fully saturated rings. The molecule has 0 heterocycles. The lowest BCUT2D eigenvalue weighted by Gasteiger charge is -2.12. The molecule has 1 aromatic rings. The van der Waals surface area contributed by atoms with Gasteiger partial charge in [0.2, 0.25) is 0 Å². The number of rotatable bonds is 14. The Morgan fingerprint density at radius 2 is 1.36 bits per heavy atom. The lowest BCUT2D eigenvalue weighted by Crippen LogP contribution is -2.11. The SMILES string of the molecule is OCCOCCOCCOCP(O)COCc1ccccc1. The topological polar surface area (TPSA) is 77.4 Å². The average molecular weight is 332 g/mol. The molecular formula is C15H25O6P. The van der Waals surface area contributed by atoms with Crippen LogP contribution in [-0.4, -0.2) is 62.3 Å². The molecule has 0 bridgehead atoms. The second-order valence-corrected chi connectivity index (χ2v) is 5.98. The first-order valence-corrected chi connectivity index (χ1v) is 8.89. The minimum absolute atomic E-state index is 0.0233. The van der Waals surface area contributed by atoms with Crippen LogP contribution >= 0.6 is 8.15 Å². The molecule has 0 aromatic heterocycles. The molecule has 0 radical (unpaired) electrons. The molecule has 2 N–H and O–H groups in total. The summed E-state index contributed by atoms with van der Waals surface area (Å²) in [7, 11) is -1.26. The van der Waals surface area contributed by atoms with E-state index in [9.17, 15) is 4.89 Å². The number of hydrogen-bond donors (Lipinski definition) is 2. The highest BCUT2D eigenvalue weighted by Crippen LogP contribution is 2.29. The quantitative estimate of drug-likeness (QED) is 0.398. The number of ether oxygens (including phenoxy) is 4. The molecule has 126 valence electrons. The van der Waals surface area contributed by atoms with Gasteiger partial charge in [-0.25, -0.2) is 0 Å². The van der Waals surface area contributed by atoms with Crippen molar-refractivity contribution in [1.29, 1.82) is 0 Å². The molecule has 1 aromatic carbocycles. The minimum Gasteiger partial charge on any atom is -0.394 e. The van der Waals surface area contributed by atoms with Crippen molar-refractivity contribution in [1.82, 2.24) is 0 Å². The first-order chi connectivity index (χ1) is 10.8.